The van der Waals surface area contributed by atoms with Gasteiger partial charge in [-0.15, -0.1) is 0 Å². The Labute approximate surface area is 93.9 Å². The number of hydrogen-bond donors (Lipinski definition) is 0. The number of hydrogen-bond acceptors (Lipinski definition) is 3. The third-order valence-corrected chi connectivity index (χ3v) is 2.12. The van der Waals surface area contributed by atoms with E-state index in [2.05, 4.69) is 26.2 Å². The highest BCUT2D eigenvalue weighted by Gasteiger charge is 2.18. The minimum Gasteiger partial charge on any atom is -0.520 e. The van der Waals surface area contributed by atoms with Gasteiger partial charge in [-0.05, 0) is 33.5 Å². The summed E-state index contributed by atoms with van der Waals surface area (Å²) in [6.07, 6.45) is 1.70. The highest BCUT2D eigenvalue weighted by molar-refractivity contribution is 6.69. The van der Waals surface area contributed by atoms with E-state index < -0.39 is 8.32 Å². The molecule has 0 spiro atoms. The van der Waals surface area contributed by atoms with Gasteiger partial charge >= 0.3 is 0 Å². The lowest BCUT2D eigenvalue weighted by Crippen LogP contribution is -2.25. The molecule has 0 aliphatic rings. The Morgan fingerprint density at radius 3 is 2.07 bits per heavy atom. The van der Waals surface area contributed by atoms with Crippen LogP contribution in [0.25, 0.3) is 0 Å². The minimum absolute atomic E-state index is 0.509. The monoisotopic (exact) mass is 230 g/mol. The lowest BCUT2D eigenvalue weighted by molar-refractivity contribution is 0.109. The fraction of sp³-hybridized carbons (Fsp3) is 0.636. The van der Waals surface area contributed by atoms with Gasteiger partial charge < -0.3 is 13.9 Å². The molecule has 0 atom stereocenters. The molecule has 0 saturated carbocycles. The van der Waals surface area contributed by atoms with E-state index in [1.54, 1.807) is 6.08 Å². The quantitative estimate of drug-likeness (QED) is 0.382. The first-order chi connectivity index (χ1) is 6.89. The Morgan fingerprint density at radius 1 is 1.13 bits per heavy atom. The van der Waals surface area contributed by atoms with Crippen LogP contribution in [-0.2, 0) is 13.9 Å². The fourth-order valence-electron chi connectivity index (χ4n) is 0.903. The van der Waals surface area contributed by atoms with Gasteiger partial charge in [-0.3, -0.25) is 0 Å². The van der Waals surface area contributed by atoms with Crippen LogP contribution in [0.3, 0.4) is 0 Å². The molecule has 3 nitrogen and oxygen atoms in total. The molecule has 4 heteroatoms. The van der Waals surface area contributed by atoms with Crippen molar-refractivity contribution in [3.63, 3.8) is 0 Å². The van der Waals surface area contributed by atoms with Gasteiger partial charge in [-0.1, -0.05) is 6.58 Å². The van der Waals surface area contributed by atoms with Crippen molar-refractivity contribution in [2.24, 2.45) is 0 Å². The van der Waals surface area contributed by atoms with E-state index in [9.17, 15) is 0 Å². The molecule has 0 aliphatic carbocycles. The highest BCUT2D eigenvalue weighted by Crippen LogP contribution is 2.13. The zero-order chi connectivity index (χ0) is 11.9. The molecular weight excluding hydrogens is 208 g/mol. The third kappa shape index (κ3) is 8.12. The Bertz CT molecular complexity index is 228. The first-order valence-corrected chi connectivity index (χ1v) is 8.65. The summed E-state index contributed by atoms with van der Waals surface area (Å²) < 4.78 is 16.3. The van der Waals surface area contributed by atoms with E-state index in [1.807, 2.05) is 13.8 Å². The van der Waals surface area contributed by atoms with Crippen molar-refractivity contribution in [3.05, 3.63) is 24.4 Å². The van der Waals surface area contributed by atoms with Crippen LogP contribution in [0.15, 0.2) is 24.4 Å². The van der Waals surface area contributed by atoms with Crippen molar-refractivity contribution in [2.75, 3.05) is 13.2 Å². The van der Waals surface area contributed by atoms with Crippen LogP contribution in [0.5, 0.6) is 0 Å². The van der Waals surface area contributed by atoms with Crippen LogP contribution >= 0.6 is 0 Å². The summed E-state index contributed by atoms with van der Waals surface area (Å²) in [5.74, 6) is 1.08. The zero-order valence-corrected chi connectivity index (χ0v) is 11.4. The largest absolute Gasteiger partial charge is 0.520 e. The van der Waals surface area contributed by atoms with Crippen LogP contribution in [-0.4, -0.2) is 21.5 Å². The number of ether oxygens (including phenoxy) is 2. The first-order valence-electron chi connectivity index (χ1n) is 5.24. The summed E-state index contributed by atoms with van der Waals surface area (Å²) in [6, 6.07) is 0. The lowest BCUT2D eigenvalue weighted by atomic mass is 10.5. The van der Waals surface area contributed by atoms with Gasteiger partial charge in [0.25, 0.3) is 5.95 Å². The molecule has 0 bridgehead atoms. The van der Waals surface area contributed by atoms with Crippen molar-refractivity contribution >= 4 is 8.32 Å². The molecule has 15 heavy (non-hydrogen) atoms. The maximum Gasteiger partial charge on any atom is 0.269 e. The lowest BCUT2D eigenvalue weighted by Gasteiger charge is -2.21. The van der Waals surface area contributed by atoms with Gasteiger partial charge in [-0.2, -0.15) is 0 Å². The Hall–Kier alpha value is -0.903. The molecule has 0 rings (SSSR count). The predicted molar refractivity (Wildman–Crippen MR) is 64.9 cm³/mol. The average Bonchev–Trinajstić information content (AvgIpc) is 2.01. The number of allylic oxidation sites excluding steroid dienone is 1. The summed E-state index contributed by atoms with van der Waals surface area (Å²) in [5, 5.41) is 0. The van der Waals surface area contributed by atoms with Crippen molar-refractivity contribution in [3.8, 4) is 0 Å². The molecule has 0 fully saturated rings. The summed E-state index contributed by atoms with van der Waals surface area (Å²) in [5.41, 5.74) is 0. The van der Waals surface area contributed by atoms with Crippen LogP contribution < -0.4 is 0 Å². The van der Waals surface area contributed by atoms with E-state index in [4.69, 9.17) is 13.9 Å². The van der Waals surface area contributed by atoms with Crippen LogP contribution in [0, 0.1) is 0 Å². The second kappa shape index (κ2) is 6.56. The predicted octanol–water partition coefficient (Wildman–Crippen LogP) is 3.27. The van der Waals surface area contributed by atoms with Crippen LogP contribution in [0.2, 0.25) is 19.6 Å². The van der Waals surface area contributed by atoms with Gasteiger partial charge in [0.1, 0.15) is 5.76 Å². The zero-order valence-electron chi connectivity index (χ0n) is 10.4. The normalized spacial score (nSPS) is 12.2. The van der Waals surface area contributed by atoms with E-state index in [-0.39, 0.29) is 0 Å². The molecule has 0 aromatic rings. The molecular formula is C11H22O3Si. The first kappa shape index (κ1) is 14.1. The fourth-order valence-corrected chi connectivity index (χ4v) is 1.62. The van der Waals surface area contributed by atoms with E-state index in [0.29, 0.717) is 24.9 Å². The molecule has 0 unspecified atom stereocenters. The Balaban J connectivity index is 4.43. The van der Waals surface area contributed by atoms with Crippen LogP contribution in [0.1, 0.15) is 13.8 Å². The highest BCUT2D eigenvalue weighted by atomic mass is 28.4. The Morgan fingerprint density at radius 2 is 1.67 bits per heavy atom. The molecule has 0 saturated heterocycles. The summed E-state index contributed by atoms with van der Waals surface area (Å²) >= 11 is 0. The standard InChI is InChI=1S/C11H22O3Si/c1-7-12-10(3)9-11(13-8-2)14-15(4,5)6/h9H,3,7-8H2,1-2,4-6H3. The molecule has 0 N–H and O–H groups in total. The second-order valence-corrected chi connectivity index (χ2v) is 8.44. The summed E-state index contributed by atoms with van der Waals surface area (Å²) in [6.45, 7) is 15.1. The molecule has 0 amide bonds. The maximum absolute atomic E-state index is 5.73. The van der Waals surface area contributed by atoms with Crippen molar-refractivity contribution < 1.29 is 13.9 Å². The van der Waals surface area contributed by atoms with Gasteiger partial charge in [-0.25, -0.2) is 0 Å². The molecule has 0 heterocycles. The van der Waals surface area contributed by atoms with Gasteiger partial charge in [0.15, 0.2) is 0 Å². The number of rotatable bonds is 7. The van der Waals surface area contributed by atoms with E-state index >= 15 is 0 Å². The van der Waals surface area contributed by atoms with Crippen molar-refractivity contribution in [2.45, 2.75) is 33.5 Å². The summed E-state index contributed by atoms with van der Waals surface area (Å²) in [7, 11) is -1.64. The Kier molecular flexibility index (Phi) is 6.16. The molecule has 0 aromatic carbocycles. The van der Waals surface area contributed by atoms with Crippen molar-refractivity contribution in [1.82, 2.24) is 0 Å². The molecule has 0 aromatic heterocycles. The maximum atomic E-state index is 5.73. The SMILES string of the molecule is C=C(C=C(OCC)O[Si](C)(C)C)OCC. The average molecular weight is 230 g/mol. The van der Waals surface area contributed by atoms with Gasteiger partial charge in [0.2, 0.25) is 8.32 Å². The van der Waals surface area contributed by atoms with E-state index in [1.165, 1.54) is 0 Å². The smallest absolute Gasteiger partial charge is 0.269 e. The van der Waals surface area contributed by atoms with E-state index in [0.717, 1.165) is 0 Å². The molecule has 0 aliphatic heterocycles. The molecule has 0 radical (unpaired) electrons. The minimum atomic E-state index is -1.64. The second-order valence-electron chi connectivity index (χ2n) is 4.01. The molecule has 88 valence electrons. The third-order valence-electron chi connectivity index (χ3n) is 1.30. The van der Waals surface area contributed by atoms with Crippen molar-refractivity contribution in [1.29, 1.82) is 0 Å². The topological polar surface area (TPSA) is 27.7 Å². The summed E-state index contributed by atoms with van der Waals surface area (Å²) in [4.78, 5) is 0. The van der Waals surface area contributed by atoms with Gasteiger partial charge in [0, 0.05) is 0 Å². The van der Waals surface area contributed by atoms with Gasteiger partial charge in [0.05, 0.1) is 19.3 Å². The van der Waals surface area contributed by atoms with Crippen LogP contribution in [0.4, 0.5) is 0 Å².